The molecule has 0 spiro atoms. The Labute approximate surface area is 128 Å². The Kier molecular flexibility index (Phi) is 3.95. The third-order valence-corrected chi connectivity index (χ3v) is 5.30. The molecular formula is C16H18O4S. The Morgan fingerprint density at radius 2 is 2.24 bits per heavy atom. The first kappa shape index (κ1) is 14.5. The van der Waals surface area contributed by atoms with E-state index in [0.717, 1.165) is 18.6 Å². The molecule has 1 saturated heterocycles. The van der Waals surface area contributed by atoms with Gasteiger partial charge in [-0.25, -0.2) is 4.79 Å². The van der Waals surface area contributed by atoms with E-state index in [2.05, 4.69) is 12.1 Å². The molecule has 0 radical (unpaired) electrons. The molecule has 1 aromatic carbocycles. The fraction of sp³-hybridized carbons (Fsp3) is 0.438. The molecule has 2 aliphatic heterocycles. The number of carbonyl (C=O) groups excluding carboxylic acids is 1. The number of methoxy groups -OCH3 is 1. The van der Waals surface area contributed by atoms with Gasteiger partial charge in [-0.3, -0.25) is 0 Å². The van der Waals surface area contributed by atoms with Gasteiger partial charge < -0.3 is 14.6 Å². The highest BCUT2D eigenvalue weighted by atomic mass is 32.2. The summed E-state index contributed by atoms with van der Waals surface area (Å²) in [5, 5.41) is 10.2. The Balaban J connectivity index is 1.73. The van der Waals surface area contributed by atoms with Crippen molar-refractivity contribution in [1.29, 1.82) is 0 Å². The lowest BCUT2D eigenvalue weighted by molar-refractivity contribution is -0.139. The number of hydrogen-bond acceptors (Lipinski definition) is 5. The van der Waals surface area contributed by atoms with Crippen molar-refractivity contribution in [1.82, 2.24) is 0 Å². The molecule has 2 aliphatic rings. The van der Waals surface area contributed by atoms with Crippen LogP contribution in [0.3, 0.4) is 0 Å². The van der Waals surface area contributed by atoms with Crippen molar-refractivity contribution in [2.75, 3.05) is 12.9 Å². The zero-order valence-corrected chi connectivity index (χ0v) is 12.7. The molecule has 0 unspecified atom stereocenters. The second-order valence-electron chi connectivity index (χ2n) is 5.46. The largest absolute Gasteiger partial charge is 0.512 e. The number of benzene rings is 1. The van der Waals surface area contributed by atoms with Gasteiger partial charge in [-0.15, -0.1) is 11.8 Å². The Hall–Kier alpha value is -1.46. The number of carbonyl (C=O) groups is 1. The van der Waals surface area contributed by atoms with Gasteiger partial charge in [0.1, 0.15) is 11.3 Å². The van der Waals surface area contributed by atoms with Gasteiger partial charge in [-0.2, -0.15) is 0 Å². The van der Waals surface area contributed by atoms with Gasteiger partial charge in [0, 0.05) is 17.1 Å². The molecule has 112 valence electrons. The Bertz CT molecular complexity index is 569. The second kappa shape index (κ2) is 5.73. The maximum Gasteiger partial charge on any atom is 0.339 e. The van der Waals surface area contributed by atoms with Gasteiger partial charge in [0.05, 0.1) is 18.8 Å². The molecular weight excluding hydrogens is 288 g/mol. The van der Waals surface area contributed by atoms with Crippen LogP contribution in [0.1, 0.15) is 19.3 Å². The Morgan fingerprint density at radius 3 is 2.95 bits per heavy atom. The number of fused-ring (bicyclic) bond motifs is 2. The highest BCUT2D eigenvalue weighted by Gasteiger charge is 2.49. The van der Waals surface area contributed by atoms with Crippen LogP contribution in [0.4, 0.5) is 0 Å². The van der Waals surface area contributed by atoms with Gasteiger partial charge >= 0.3 is 5.97 Å². The molecule has 2 bridgehead atoms. The number of ether oxygens (including phenoxy) is 2. The predicted molar refractivity (Wildman–Crippen MR) is 80.3 cm³/mol. The molecule has 1 fully saturated rings. The second-order valence-corrected chi connectivity index (χ2v) is 6.51. The summed E-state index contributed by atoms with van der Waals surface area (Å²) in [5.74, 6) is 0.416. The molecule has 4 nitrogen and oxygen atoms in total. The summed E-state index contributed by atoms with van der Waals surface area (Å²) in [7, 11) is 1.32. The summed E-state index contributed by atoms with van der Waals surface area (Å²) in [6.45, 7) is 0. The highest BCUT2D eigenvalue weighted by molar-refractivity contribution is 7.99. The van der Waals surface area contributed by atoms with Gasteiger partial charge in [0.15, 0.2) is 0 Å². The van der Waals surface area contributed by atoms with E-state index in [4.69, 9.17) is 9.47 Å². The minimum absolute atomic E-state index is 0.129. The third kappa shape index (κ3) is 2.80. The predicted octanol–water partition coefficient (Wildman–Crippen LogP) is 3.09. The van der Waals surface area contributed by atoms with E-state index in [1.807, 2.05) is 18.2 Å². The third-order valence-electron chi connectivity index (χ3n) is 4.03. The molecule has 0 amide bonds. The number of thioether (sulfide) groups is 1. The summed E-state index contributed by atoms with van der Waals surface area (Å²) >= 11 is 1.72. The Morgan fingerprint density at radius 1 is 1.48 bits per heavy atom. The molecule has 2 atom stereocenters. The summed E-state index contributed by atoms with van der Waals surface area (Å²) in [6.07, 6.45) is 1.65. The zero-order chi connectivity index (χ0) is 14.9. The molecule has 1 N–H and O–H groups in total. The van der Waals surface area contributed by atoms with Crippen LogP contribution in [0.25, 0.3) is 0 Å². The summed E-state index contributed by atoms with van der Waals surface area (Å²) in [5.41, 5.74) is -0.0670. The normalized spacial score (nSPS) is 27.8. The fourth-order valence-electron chi connectivity index (χ4n) is 2.98. The van der Waals surface area contributed by atoms with Crippen LogP contribution in [0, 0.1) is 0 Å². The average Bonchev–Trinajstić information content (AvgIpc) is 2.84. The lowest BCUT2D eigenvalue weighted by Crippen LogP contribution is -2.38. The lowest BCUT2D eigenvalue weighted by Gasteiger charge is -2.33. The van der Waals surface area contributed by atoms with Gasteiger partial charge in [-0.05, 0) is 25.0 Å². The van der Waals surface area contributed by atoms with Crippen LogP contribution in [0.2, 0.25) is 0 Å². The summed E-state index contributed by atoms with van der Waals surface area (Å²) in [6, 6.07) is 10.1. The molecule has 0 saturated carbocycles. The molecule has 1 aromatic rings. The van der Waals surface area contributed by atoms with E-state index in [0.29, 0.717) is 12.0 Å². The number of aliphatic hydroxyl groups excluding tert-OH is 1. The molecule has 0 aliphatic carbocycles. The van der Waals surface area contributed by atoms with Crippen molar-refractivity contribution in [3.63, 3.8) is 0 Å². The zero-order valence-electron chi connectivity index (χ0n) is 11.9. The first-order chi connectivity index (χ1) is 10.1. The van der Waals surface area contributed by atoms with E-state index in [1.54, 1.807) is 11.8 Å². The molecule has 21 heavy (non-hydrogen) atoms. The van der Waals surface area contributed by atoms with Crippen molar-refractivity contribution in [2.24, 2.45) is 0 Å². The van der Waals surface area contributed by atoms with Gasteiger partial charge in [-0.1, -0.05) is 18.2 Å². The van der Waals surface area contributed by atoms with Crippen LogP contribution < -0.4 is 0 Å². The fourth-order valence-corrected chi connectivity index (χ4v) is 4.08. The minimum Gasteiger partial charge on any atom is -0.512 e. The van der Waals surface area contributed by atoms with Crippen LogP contribution >= 0.6 is 11.8 Å². The smallest absolute Gasteiger partial charge is 0.339 e. The van der Waals surface area contributed by atoms with Crippen LogP contribution in [0.15, 0.2) is 46.6 Å². The molecule has 3 rings (SSSR count). The monoisotopic (exact) mass is 306 g/mol. The van der Waals surface area contributed by atoms with Crippen molar-refractivity contribution in [2.45, 2.75) is 35.9 Å². The van der Waals surface area contributed by atoms with Crippen molar-refractivity contribution in [3.05, 3.63) is 41.7 Å². The van der Waals surface area contributed by atoms with Crippen LogP contribution in [0.5, 0.6) is 0 Å². The van der Waals surface area contributed by atoms with Crippen molar-refractivity contribution in [3.8, 4) is 0 Å². The first-order valence-electron chi connectivity index (χ1n) is 6.99. The van der Waals surface area contributed by atoms with E-state index >= 15 is 0 Å². The summed E-state index contributed by atoms with van der Waals surface area (Å²) < 4.78 is 10.8. The highest BCUT2D eigenvalue weighted by Crippen LogP contribution is 2.46. The SMILES string of the molecule is COC(=O)C1=C(O)C[C@]2(CSc3ccccc3)CC[C@H]1O2. The number of esters is 1. The average molecular weight is 306 g/mol. The summed E-state index contributed by atoms with van der Waals surface area (Å²) in [4.78, 5) is 12.9. The van der Waals surface area contributed by atoms with Crippen LogP contribution in [-0.2, 0) is 14.3 Å². The minimum atomic E-state index is -0.483. The van der Waals surface area contributed by atoms with E-state index in [9.17, 15) is 9.90 Å². The molecule has 0 aromatic heterocycles. The van der Waals surface area contributed by atoms with E-state index in [1.165, 1.54) is 12.0 Å². The van der Waals surface area contributed by atoms with Crippen molar-refractivity contribution >= 4 is 17.7 Å². The number of aliphatic hydroxyl groups is 1. The lowest BCUT2D eigenvalue weighted by atomic mass is 9.97. The standard InChI is InChI=1S/C16H18O4S/c1-19-15(18)14-12(17)9-16(8-7-13(14)20-16)10-21-11-5-3-2-4-6-11/h2-6,13,17H,7-10H2,1H3/t13-,16+/m1/s1. The first-order valence-corrected chi connectivity index (χ1v) is 7.98. The molecule has 5 heteroatoms. The molecule has 2 heterocycles. The van der Waals surface area contributed by atoms with Gasteiger partial charge in [0.2, 0.25) is 0 Å². The van der Waals surface area contributed by atoms with E-state index < -0.39 is 5.97 Å². The maximum atomic E-state index is 11.7. The van der Waals surface area contributed by atoms with Gasteiger partial charge in [0.25, 0.3) is 0 Å². The number of hydrogen-bond donors (Lipinski definition) is 1. The number of rotatable bonds is 4. The van der Waals surface area contributed by atoms with Crippen LogP contribution in [-0.4, -0.2) is 35.6 Å². The topological polar surface area (TPSA) is 55.8 Å². The van der Waals surface area contributed by atoms with E-state index in [-0.39, 0.29) is 17.5 Å². The van der Waals surface area contributed by atoms with Crippen molar-refractivity contribution < 1.29 is 19.4 Å². The maximum absolute atomic E-state index is 11.7. The quantitative estimate of drug-likeness (QED) is 0.684.